The van der Waals surface area contributed by atoms with Gasteiger partial charge in [-0.15, -0.1) is 0 Å². The average Bonchev–Trinajstić information content (AvgIpc) is 2.15. The number of hydrogen-bond donors (Lipinski definition) is 1. The van der Waals surface area contributed by atoms with Crippen molar-refractivity contribution in [2.24, 2.45) is 0 Å². The number of alkyl halides is 3. The van der Waals surface area contributed by atoms with Crippen LogP contribution >= 0.6 is 11.6 Å². The molecule has 1 rings (SSSR count). The van der Waals surface area contributed by atoms with Crippen molar-refractivity contribution in [3.8, 4) is 0 Å². The van der Waals surface area contributed by atoms with Crippen molar-refractivity contribution in [1.82, 2.24) is 9.97 Å². The van der Waals surface area contributed by atoms with Gasteiger partial charge in [-0.2, -0.15) is 13.2 Å². The van der Waals surface area contributed by atoms with Gasteiger partial charge in [-0.25, -0.2) is 9.97 Å². The monoisotopic (exact) mass is 270 g/mol. The van der Waals surface area contributed by atoms with E-state index in [0.29, 0.717) is 0 Å². The lowest BCUT2D eigenvalue weighted by Crippen LogP contribution is -2.15. The third kappa shape index (κ3) is 2.93. The van der Waals surface area contributed by atoms with Crippen molar-refractivity contribution in [1.29, 1.82) is 0 Å². The number of halogens is 4. The Labute approximate surface area is 98.0 Å². The molecule has 17 heavy (non-hydrogen) atoms. The quantitative estimate of drug-likeness (QED) is 0.518. The molecule has 0 bridgehead atoms. The van der Waals surface area contributed by atoms with Gasteiger partial charge >= 0.3 is 11.9 Å². The number of nitrogens with one attached hydrogen (secondary N) is 1. The topological polar surface area (TPSA) is 81.0 Å². The average molecular weight is 271 g/mol. The molecule has 10 heteroatoms. The van der Waals surface area contributed by atoms with Gasteiger partial charge in [-0.1, -0.05) is 11.6 Å². The summed E-state index contributed by atoms with van der Waals surface area (Å²) in [5.41, 5.74) is -0.776. The minimum absolute atomic E-state index is 0.158. The normalized spacial score (nSPS) is 11.4. The maximum Gasteiger partial charge on any atom is 0.451 e. The standard InChI is InChI=1S/C7H6ClF3N4O2/c1-2-12-5-3(15(16)17)4(8)13-6(14-5)7(9,10)11/h2H2,1H3,(H,12,13,14). The van der Waals surface area contributed by atoms with Gasteiger partial charge in [0.1, 0.15) is 0 Å². The molecule has 0 atom stereocenters. The van der Waals surface area contributed by atoms with Crippen molar-refractivity contribution < 1.29 is 18.1 Å². The van der Waals surface area contributed by atoms with Crippen LogP contribution in [0.5, 0.6) is 0 Å². The predicted molar refractivity (Wildman–Crippen MR) is 52.9 cm³/mol. The van der Waals surface area contributed by atoms with Crippen LogP contribution in [0.4, 0.5) is 24.7 Å². The molecule has 0 saturated carbocycles. The summed E-state index contributed by atoms with van der Waals surface area (Å²) in [6, 6.07) is 0. The largest absolute Gasteiger partial charge is 0.451 e. The molecule has 0 amide bonds. The molecular formula is C7H6ClF3N4O2. The molecule has 1 aromatic rings. The van der Waals surface area contributed by atoms with Crippen LogP contribution in [-0.2, 0) is 6.18 Å². The number of nitro groups is 1. The first-order chi connectivity index (χ1) is 7.77. The second kappa shape index (κ2) is 4.70. The third-order valence-electron chi connectivity index (χ3n) is 1.62. The zero-order chi connectivity index (χ0) is 13.2. The zero-order valence-electron chi connectivity index (χ0n) is 8.38. The molecule has 0 radical (unpaired) electrons. The van der Waals surface area contributed by atoms with Gasteiger partial charge in [0.2, 0.25) is 16.8 Å². The zero-order valence-corrected chi connectivity index (χ0v) is 9.13. The molecular weight excluding hydrogens is 265 g/mol. The molecule has 6 nitrogen and oxygen atoms in total. The van der Waals surface area contributed by atoms with Crippen LogP contribution in [0.15, 0.2) is 0 Å². The minimum Gasteiger partial charge on any atom is -0.364 e. The van der Waals surface area contributed by atoms with Crippen LogP contribution in [0.25, 0.3) is 0 Å². The Bertz CT molecular complexity index is 451. The third-order valence-corrected chi connectivity index (χ3v) is 1.89. The van der Waals surface area contributed by atoms with Gasteiger partial charge in [-0.3, -0.25) is 10.1 Å². The fourth-order valence-corrected chi connectivity index (χ4v) is 1.25. The Morgan fingerprint density at radius 3 is 2.47 bits per heavy atom. The Kier molecular flexibility index (Phi) is 3.71. The number of nitrogens with zero attached hydrogens (tertiary/aromatic N) is 3. The Morgan fingerprint density at radius 1 is 1.47 bits per heavy atom. The van der Waals surface area contributed by atoms with Gasteiger partial charge in [0, 0.05) is 6.54 Å². The SMILES string of the molecule is CCNc1nc(C(F)(F)F)nc(Cl)c1[N+](=O)[O-]. The summed E-state index contributed by atoms with van der Waals surface area (Å²) in [7, 11) is 0. The van der Waals surface area contributed by atoms with Gasteiger partial charge < -0.3 is 5.32 Å². The fourth-order valence-electron chi connectivity index (χ4n) is 1.01. The molecule has 1 aromatic heterocycles. The van der Waals surface area contributed by atoms with E-state index >= 15 is 0 Å². The van der Waals surface area contributed by atoms with Crippen LogP contribution in [0.1, 0.15) is 12.7 Å². The Balaban J connectivity index is 3.41. The van der Waals surface area contributed by atoms with Crippen LogP contribution in [-0.4, -0.2) is 21.4 Å². The smallest absolute Gasteiger partial charge is 0.364 e. The van der Waals surface area contributed by atoms with Crippen molar-refractivity contribution in [3.05, 3.63) is 21.1 Å². The first kappa shape index (κ1) is 13.4. The first-order valence-corrected chi connectivity index (χ1v) is 4.68. The van der Waals surface area contributed by atoms with E-state index in [9.17, 15) is 23.3 Å². The molecule has 0 fully saturated rings. The van der Waals surface area contributed by atoms with E-state index in [1.54, 1.807) is 6.92 Å². The lowest BCUT2D eigenvalue weighted by molar-refractivity contribution is -0.384. The van der Waals surface area contributed by atoms with Gasteiger partial charge in [0.15, 0.2) is 0 Å². The maximum absolute atomic E-state index is 12.3. The van der Waals surface area contributed by atoms with Gasteiger partial charge in [-0.05, 0) is 6.92 Å². The summed E-state index contributed by atoms with van der Waals surface area (Å²) in [5, 5.41) is 12.1. The molecule has 0 saturated heterocycles. The van der Waals surface area contributed by atoms with Crippen molar-refractivity contribution >= 4 is 23.1 Å². The lowest BCUT2D eigenvalue weighted by atomic mass is 10.4. The van der Waals surface area contributed by atoms with E-state index < -0.39 is 33.6 Å². The summed E-state index contributed by atoms with van der Waals surface area (Å²) < 4.78 is 37.0. The molecule has 0 aliphatic carbocycles. The van der Waals surface area contributed by atoms with Crippen LogP contribution in [0, 0.1) is 10.1 Å². The molecule has 94 valence electrons. The lowest BCUT2D eigenvalue weighted by Gasteiger charge is -2.09. The number of hydrogen-bond acceptors (Lipinski definition) is 5. The predicted octanol–water partition coefficient (Wildman–Crippen LogP) is 2.49. The first-order valence-electron chi connectivity index (χ1n) is 4.30. The highest BCUT2D eigenvalue weighted by atomic mass is 35.5. The van der Waals surface area contributed by atoms with Crippen LogP contribution in [0.3, 0.4) is 0 Å². The second-order valence-electron chi connectivity index (χ2n) is 2.82. The fraction of sp³-hybridized carbons (Fsp3) is 0.429. The van der Waals surface area contributed by atoms with E-state index in [1.807, 2.05) is 0 Å². The van der Waals surface area contributed by atoms with Crippen molar-refractivity contribution in [3.63, 3.8) is 0 Å². The molecule has 1 N–H and O–H groups in total. The van der Waals surface area contributed by atoms with E-state index in [2.05, 4.69) is 15.3 Å². The van der Waals surface area contributed by atoms with Gasteiger partial charge in [0.25, 0.3) is 0 Å². The summed E-state index contributed by atoms with van der Waals surface area (Å²) in [4.78, 5) is 15.6. The molecule has 1 heterocycles. The molecule has 0 unspecified atom stereocenters. The van der Waals surface area contributed by atoms with E-state index in [4.69, 9.17) is 11.6 Å². The second-order valence-corrected chi connectivity index (χ2v) is 3.18. The Hall–Kier alpha value is -1.64. The summed E-state index contributed by atoms with van der Waals surface area (Å²) >= 11 is 5.34. The van der Waals surface area contributed by atoms with Crippen molar-refractivity contribution in [2.45, 2.75) is 13.1 Å². The molecule has 0 aromatic carbocycles. The summed E-state index contributed by atoms with van der Waals surface area (Å²) in [5.74, 6) is -2.08. The van der Waals surface area contributed by atoms with E-state index in [1.165, 1.54) is 0 Å². The number of aromatic nitrogens is 2. The van der Waals surface area contributed by atoms with Crippen LogP contribution < -0.4 is 5.32 Å². The van der Waals surface area contributed by atoms with Crippen molar-refractivity contribution in [2.75, 3.05) is 11.9 Å². The molecule has 0 spiro atoms. The minimum atomic E-state index is -4.82. The Morgan fingerprint density at radius 2 is 2.06 bits per heavy atom. The number of rotatable bonds is 3. The maximum atomic E-state index is 12.3. The molecule has 0 aliphatic rings. The highest BCUT2D eigenvalue weighted by molar-refractivity contribution is 6.31. The van der Waals surface area contributed by atoms with Gasteiger partial charge in [0.05, 0.1) is 4.92 Å². The number of anilines is 1. The molecule has 0 aliphatic heterocycles. The van der Waals surface area contributed by atoms with E-state index in [0.717, 1.165) is 0 Å². The van der Waals surface area contributed by atoms with E-state index in [-0.39, 0.29) is 6.54 Å². The van der Waals surface area contributed by atoms with Crippen LogP contribution in [0.2, 0.25) is 5.15 Å². The highest BCUT2D eigenvalue weighted by Crippen LogP contribution is 2.34. The summed E-state index contributed by atoms with van der Waals surface area (Å²) in [6.07, 6.45) is -4.82. The highest BCUT2D eigenvalue weighted by Gasteiger charge is 2.38. The summed E-state index contributed by atoms with van der Waals surface area (Å²) in [6.45, 7) is 1.71.